The molecule has 2 amide bonds. The molecule has 0 radical (unpaired) electrons. The van der Waals surface area contributed by atoms with Gasteiger partial charge in [0.05, 0.1) is 30.5 Å². The van der Waals surface area contributed by atoms with Crippen LogP contribution in [-0.2, 0) is 9.53 Å². The molecule has 3 aliphatic heterocycles. The number of amides is 2. The Morgan fingerprint density at radius 3 is 2.78 bits per heavy atom. The van der Waals surface area contributed by atoms with Crippen molar-refractivity contribution in [3.63, 3.8) is 0 Å². The number of fused-ring (bicyclic) bond motifs is 2. The molecule has 6 rings (SSSR count). The molecule has 2 saturated heterocycles. The molecule has 3 aromatic heterocycles. The third-order valence-electron chi connectivity index (χ3n) is 6.81. The number of rotatable bonds is 5. The number of aromatic nitrogens is 4. The number of thioether (sulfide) groups is 1. The number of anilines is 2. The summed E-state index contributed by atoms with van der Waals surface area (Å²) in [5.41, 5.74) is 0.992. The molecule has 12 nitrogen and oxygen atoms in total. The molecule has 1 N–H and O–H groups in total. The Balaban J connectivity index is 1.10. The van der Waals surface area contributed by atoms with Gasteiger partial charge in [-0.05, 0) is 31.0 Å². The first-order valence-corrected chi connectivity index (χ1v) is 13.0. The minimum atomic E-state index is -0.447. The first-order chi connectivity index (χ1) is 18.0. The van der Waals surface area contributed by atoms with Crippen molar-refractivity contribution in [2.45, 2.75) is 29.9 Å². The zero-order chi connectivity index (χ0) is 25.5. The molecule has 37 heavy (non-hydrogen) atoms. The van der Waals surface area contributed by atoms with Gasteiger partial charge in [0.2, 0.25) is 11.8 Å². The summed E-state index contributed by atoms with van der Waals surface area (Å²) in [6.45, 7) is 2.47. The lowest BCUT2D eigenvalue weighted by Gasteiger charge is -2.33. The lowest BCUT2D eigenvalue weighted by molar-refractivity contribution is -0.113. The van der Waals surface area contributed by atoms with Crippen LogP contribution < -0.4 is 20.5 Å². The van der Waals surface area contributed by atoms with Crippen LogP contribution in [0, 0.1) is 0 Å². The maximum Gasteiger partial charge on any atom is 0.416 e. The zero-order valence-corrected chi connectivity index (χ0v) is 20.9. The van der Waals surface area contributed by atoms with E-state index in [0.717, 1.165) is 30.8 Å². The summed E-state index contributed by atoms with van der Waals surface area (Å²) in [7, 11) is 1.54. The number of hydrogen-bond donors (Lipinski definition) is 1. The maximum absolute atomic E-state index is 12.7. The molecule has 192 valence electrons. The Bertz CT molecular complexity index is 1440. The van der Waals surface area contributed by atoms with Crippen molar-refractivity contribution in [2.24, 2.45) is 0 Å². The number of cyclic esters (lactones) is 1. The van der Waals surface area contributed by atoms with Crippen molar-refractivity contribution in [1.82, 2.24) is 24.4 Å². The summed E-state index contributed by atoms with van der Waals surface area (Å²) in [4.78, 5) is 54.8. The van der Waals surface area contributed by atoms with E-state index in [1.807, 2.05) is 6.07 Å². The highest BCUT2D eigenvalue weighted by Gasteiger charge is 2.36. The highest BCUT2D eigenvalue weighted by Crippen LogP contribution is 2.33. The number of pyridine rings is 2. The van der Waals surface area contributed by atoms with Gasteiger partial charge in [-0.15, -0.1) is 11.8 Å². The fourth-order valence-corrected chi connectivity index (χ4v) is 5.77. The van der Waals surface area contributed by atoms with Gasteiger partial charge < -0.3 is 14.8 Å². The largest absolute Gasteiger partial charge is 0.481 e. The molecule has 0 bridgehead atoms. The molecule has 3 aliphatic rings. The van der Waals surface area contributed by atoms with Crippen LogP contribution in [0.5, 0.6) is 5.88 Å². The molecule has 2 fully saturated rings. The van der Waals surface area contributed by atoms with Crippen molar-refractivity contribution in [3.8, 4) is 5.88 Å². The number of carbonyl (C=O) groups is 2. The highest BCUT2D eigenvalue weighted by molar-refractivity contribution is 8.00. The highest BCUT2D eigenvalue weighted by atomic mass is 32.2. The van der Waals surface area contributed by atoms with Crippen molar-refractivity contribution in [2.75, 3.05) is 49.3 Å². The van der Waals surface area contributed by atoms with Gasteiger partial charge in [-0.25, -0.2) is 14.8 Å². The molecular weight excluding hydrogens is 498 g/mol. The van der Waals surface area contributed by atoms with E-state index >= 15 is 0 Å². The third kappa shape index (κ3) is 4.60. The van der Waals surface area contributed by atoms with E-state index in [2.05, 4.69) is 25.2 Å². The molecular formula is C24H25N7O5S. The Kier molecular flexibility index (Phi) is 6.16. The Hall–Kier alpha value is -3.71. The van der Waals surface area contributed by atoms with E-state index in [1.54, 1.807) is 29.9 Å². The number of likely N-dealkylation sites (tertiary alicyclic amines) is 1. The van der Waals surface area contributed by atoms with Gasteiger partial charge in [0.1, 0.15) is 23.3 Å². The molecule has 6 heterocycles. The van der Waals surface area contributed by atoms with Crippen molar-refractivity contribution < 1.29 is 19.1 Å². The second kappa shape index (κ2) is 9.63. The molecule has 3 aromatic rings. The second-order valence-corrected chi connectivity index (χ2v) is 10.2. The number of methoxy groups -OCH3 is 1. The molecule has 13 heteroatoms. The van der Waals surface area contributed by atoms with E-state index in [4.69, 9.17) is 9.47 Å². The van der Waals surface area contributed by atoms with Crippen LogP contribution in [0.4, 0.5) is 16.4 Å². The van der Waals surface area contributed by atoms with Crippen LogP contribution in [0.3, 0.4) is 0 Å². The maximum atomic E-state index is 12.7. The van der Waals surface area contributed by atoms with Crippen molar-refractivity contribution >= 4 is 46.6 Å². The lowest BCUT2D eigenvalue weighted by atomic mass is 10.0. The summed E-state index contributed by atoms with van der Waals surface area (Å²) in [5, 5.41) is 2.76. The standard InChI is InChI=1S/C24H25N7O5S/c1-35-20-5-2-16-23(28-20)31(21(33)10-25-16)14-6-8-29(9-7-14)11-15-12-30(24(34)36-15)18-4-3-17-22(26-18)27-19(32)13-37-17/h2-5,10,14-15H,6-9,11-13H2,1H3,(H,26,27,32)/t15-/m0/s1. The van der Waals surface area contributed by atoms with E-state index in [-0.39, 0.29) is 23.6 Å². The van der Waals surface area contributed by atoms with E-state index < -0.39 is 6.09 Å². The Morgan fingerprint density at radius 2 is 1.97 bits per heavy atom. The zero-order valence-electron chi connectivity index (χ0n) is 20.1. The van der Waals surface area contributed by atoms with Crippen LogP contribution in [-0.4, -0.2) is 81.6 Å². The van der Waals surface area contributed by atoms with Gasteiger partial charge in [0, 0.05) is 31.7 Å². The fraction of sp³-hybridized carbons (Fsp3) is 0.417. The van der Waals surface area contributed by atoms with Crippen LogP contribution in [0.2, 0.25) is 0 Å². The summed E-state index contributed by atoms with van der Waals surface area (Å²) in [5.74, 6) is 1.62. The SMILES string of the molecule is COc1ccc2ncc(=O)n(C3CCN(C[C@H]4CN(c5ccc6c(n5)NC(=O)CS6)C(=O)O4)CC3)c2n1. The number of ether oxygens (including phenoxy) is 2. The van der Waals surface area contributed by atoms with Gasteiger partial charge in [0.25, 0.3) is 5.56 Å². The van der Waals surface area contributed by atoms with Crippen LogP contribution in [0.25, 0.3) is 11.2 Å². The molecule has 0 saturated carbocycles. The number of piperidine rings is 1. The molecule has 1 atom stereocenters. The average Bonchev–Trinajstić information content (AvgIpc) is 3.28. The molecule has 0 unspecified atom stereocenters. The predicted octanol–water partition coefficient (Wildman–Crippen LogP) is 1.90. The van der Waals surface area contributed by atoms with Gasteiger partial charge in [-0.1, -0.05) is 0 Å². The minimum absolute atomic E-state index is 0.00995. The molecule has 0 aromatic carbocycles. The number of nitrogens with one attached hydrogen (secondary N) is 1. The predicted molar refractivity (Wildman–Crippen MR) is 136 cm³/mol. The van der Waals surface area contributed by atoms with Crippen LogP contribution >= 0.6 is 11.8 Å². The summed E-state index contributed by atoms with van der Waals surface area (Å²) in [6, 6.07) is 7.16. The third-order valence-corrected chi connectivity index (χ3v) is 7.86. The number of hydrogen-bond acceptors (Lipinski definition) is 10. The Morgan fingerprint density at radius 1 is 1.14 bits per heavy atom. The summed E-state index contributed by atoms with van der Waals surface area (Å²) in [6.07, 6.45) is 2.10. The molecule has 0 spiro atoms. The number of nitrogens with zero attached hydrogens (tertiary/aromatic N) is 6. The quantitative estimate of drug-likeness (QED) is 0.529. The lowest BCUT2D eigenvalue weighted by Crippen LogP contribution is -2.42. The first-order valence-electron chi connectivity index (χ1n) is 12.0. The topological polar surface area (TPSA) is 132 Å². The van der Waals surface area contributed by atoms with Crippen LogP contribution in [0.15, 0.2) is 40.2 Å². The Labute approximate surface area is 216 Å². The normalized spacial score (nSPS) is 20.6. The minimum Gasteiger partial charge on any atom is -0.481 e. The second-order valence-electron chi connectivity index (χ2n) is 9.16. The van der Waals surface area contributed by atoms with Gasteiger partial charge in [-0.3, -0.25) is 24.0 Å². The fourth-order valence-electron chi connectivity index (χ4n) is 5.02. The van der Waals surface area contributed by atoms with Crippen LogP contribution in [0.1, 0.15) is 18.9 Å². The summed E-state index contributed by atoms with van der Waals surface area (Å²) >= 11 is 1.42. The molecule has 0 aliphatic carbocycles. The van der Waals surface area contributed by atoms with E-state index in [0.29, 0.717) is 47.5 Å². The van der Waals surface area contributed by atoms with Crippen molar-refractivity contribution in [1.29, 1.82) is 0 Å². The monoisotopic (exact) mass is 523 g/mol. The van der Waals surface area contributed by atoms with Gasteiger partial charge >= 0.3 is 6.09 Å². The number of carbonyl (C=O) groups excluding carboxylic acids is 2. The van der Waals surface area contributed by atoms with Gasteiger partial charge in [0.15, 0.2) is 5.65 Å². The van der Waals surface area contributed by atoms with E-state index in [9.17, 15) is 14.4 Å². The van der Waals surface area contributed by atoms with Crippen molar-refractivity contribution in [3.05, 3.63) is 40.8 Å². The average molecular weight is 524 g/mol. The van der Waals surface area contributed by atoms with E-state index in [1.165, 1.54) is 22.9 Å². The summed E-state index contributed by atoms with van der Waals surface area (Å²) < 4.78 is 12.6. The smallest absolute Gasteiger partial charge is 0.416 e. The van der Waals surface area contributed by atoms with Gasteiger partial charge in [-0.2, -0.15) is 4.98 Å². The first kappa shape index (κ1) is 23.7.